The molecule has 2 aromatic rings. The maximum atomic E-state index is 5.79. The SMILES string of the molecule is CNCc1ccc(OCc2ccccc2C)cc1. The fourth-order valence-electron chi connectivity index (χ4n) is 1.84. The molecule has 0 aromatic heterocycles. The van der Waals surface area contributed by atoms with Crippen LogP contribution in [0.4, 0.5) is 0 Å². The molecule has 94 valence electrons. The van der Waals surface area contributed by atoms with Crippen LogP contribution in [0.2, 0.25) is 0 Å². The van der Waals surface area contributed by atoms with Crippen molar-refractivity contribution in [1.29, 1.82) is 0 Å². The van der Waals surface area contributed by atoms with Gasteiger partial charge in [-0.25, -0.2) is 0 Å². The van der Waals surface area contributed by atoms with Gasteiger partial charge in [-0.2, -0.15) is 0 Å². The van der Waals surface area contributed by atoms with Crippen molar-refractivity contribution in [3.05, 3.63) is 65.2 Å². The standard InChI is InChI=1S/C16H19NO/c1-13-5-3-4-6-15(13)12-18-16-9-7-14(8-10-16)11-17-2/h3-10,17H,11-12H2,1-2H3. The number of hydrogen-bond donors (Lipinski definition) is 1. The molecular formula is C16H19NO. The minimum absolute atomic E-state index is 0.623. The van der Waals surface area contributed by atoms with Crippen LogP contribution in [-0.2, 0) is 13.2 Å². The molecule has 0 aliphatic rings. The third-order valence-electron chi connectivity index (χ3n) is 2.96. The van der Waals surface area contributed by atoms with Crippen LogP contribution >= 0.6 is 0 Å². The zero-order valence-electron chi connectivity index (χ0n) is 10.9. The zero-order valence-corrected chi connectivity index (χ0v) is 10.9. The Hall–Kier alpha value is -1.80. The molecule has 1 N–H and O–H groups in total. The monoisotopic (exact) mass is 241 g/mol. The minimum atomic E-state index is 0.623. The maximum absolute atomic E-state index is 5.79. The van der Waals surface area contributed by atoms with Gasteiger partial charge in [0.25, 0.3) is 0 Å². The highest BCUT2D eigenvalue weighted by molar-refractivity contribution is 5.29. The summed E-state index contributed by atoms with van der Waals surface area (Å²) in [6, 6.07) is 16.5. The van der Waals surface area contributed by atoms with Gasteiger partial charge in [0.15, 0.2) is 0 Å². The Morgan fingerprint density at radius 1 is 1.00 bits per heavy atom. The number of ether oxygens (including phenoxy) is 1. The average Bonchev–Trinajstić information content (AvgIpc) is 2.40. The highest BCUT2D eigenvalue weighted by atomic mass is 16.5. The van der Waals surface area contributed by atoms with E-state index in [2.05, 4.69) is 36.5 Å². The largest absolute Gasteiger partial charge is 0.489 e. The number of nitrogens with one attached hydrogen (secondary N) is 1. The molecule has 0 amide bonds. The Kier molecular flexibility index (Phi) is 4.37. The van der Waals surface area contributed by atoms with Gasteiger partial charge in [-0.3, -0.25) is 0 Å². The molecule has 2 nitrogen and oxygen atoms in total. The van der Waals surface area contributed by atoms with E-state index in [0.717, 1.165) is 12.3 Å². The van der Waals surface area contributed by atoms with E-state index < -0.39 is 0 Å². The fraction of sp³-hybridized carbons (Fsp3) is 0.250. The molecule has 2 rings (SSSR count). The second-order valence-corrected chi connectivity index (χ2v) is 4.39. The van der Waals surface area contributed by atoms with Gasteiger partial charge in [0.2, 0.25) is 0 Å². The molecule has 0 aliphatic carbocycles. The molecule has 0 radical (unpaired) electrons. The summed E-state index contributed by atoms with van der Waals surface area (Å²) in [5, 5.41) is 3.13. The summed E-state index contributed by atoms with van der Waals surface area (Å²) in [4.78, 5) is 0. The minimum Gasteiger partial charge on any atom is -0.489 e. The summed E-state index contributed by atoms with van der Waals surface area (Å²) >= 11 is 0. The van der Waals surface area contributed by atoms with Crippen LogP contribution in [0.15, 0.2) is 48.5 Å². The van der Waals surface area contributed by atoms with E-state index in [0.29, 0.717) is 6.61 Å². The summed E-state index contributed by atoms with van der Waals surface area (Å²) in [5.41, 5.74) is 3.77. The van der Waals surface area contributed by atoms with Gasteiger partial charge in [-0.05, 0) is 42.8 Å². The van der Waals surface area contributed by atoms with E-state index in [1.165, 1.54) is 16.7 Å². The Labute approximate surface area is 109 Å². The fourth-order valence-corrected chi connectivity index (χ4v) is 1.84. The first kappa shape index (κ1) is 12.7. The average molecular weight is 241 g/mol. The molecular weight excluding hydrogens is 222 g/mol. The van der Waals surface area contributed by atoms with E-state index in [1.54, 1.807) is 0 Å². The molecule has 0 aliphatic heterocycles. The molecule has 0 bridgehead atoms. The Morgan fingerprint density at radius 3 is 2.39 bits per heavy atom. The molecule has 0 saturated heterocycles. The predicted molar refractivity (Wildman–Crippen MR) is 74.7 cm³/mol. The number of benzene rings is 2. The van der Waals surface area contributed by atoms with Gasteiger partial charge in [0, 0.05) is 6.54 Å². The molecule has 0 saturated carbocycles. The highest BCUT2D eigenvalue weighted by Crippen LogP contribution is 2.15. The molecule has 0 unspecified atom stereocenters. The van der Waals surface area contributed by atoms with Crippen molar-refractivity contribution in [2.24, 2.45) is 0 Å². The van der Waals surface area contributed by atoms with Crippen LogP contribution in [-0.4, -0.2) is 7.05 Å². The third kappa shape index (κ3) is 3.34. The molecule has 0 spiro atoms. The Bertz CT molecular complexity index is 491. The van der Waals surface area contributed by atoms with Gasteiger partial charge in [-0.15, -0.1) is 0 Å². The molecule has 0 atom stereocenters. The van der Waals surface area contributed by atoms with Gasteiger partial charge < -0.3 is 10.1 Å². The predicted octanol–water partition coefficient (Wildman–Crippen LogP) is 3.29. The first-order valence-electron chi connectivity index (χ1n) is 6.20. The lowest BCUT2D eigenvalue weighted by Gasteiger charge is -2.09. The topological polar surface area (TPSA) is 21.3 Å². The zero-order chi connectivity index (χ0) is 12.8. The lowest BCUT2D eigenvalue weighted by Crippen LogP contribution is -2.04. The number of rotatable bonds is 5. The Morgan fingerprint density at radius 2 is 1.72 bits per heavy atom. The van der Waals surface area contributed by atoms with Crippen LogP contribution in [0.3, 0.4) is 0 Å². The van der Waals surface area contributed by atoms with Crippen LogP contribution in [0.25, 0.3) is 0 Å². The van der Waals surface area contributed by atoms with Crippen molar-refractivity contribution < 1.29 is 4.74 Å². The molecule has 0 fully saturated rings. The summed E-state index contributed by atoms with van der Waals surface area (Å²) in [6.45, 7) is 3.62. The van der Waals surface area contributed by atoms with E-state index in [4.69, 9.17) is 4.74 Å². The molecule has 2 heteroatoms. The van der Waals surface area contributed by atoms with Crippen LogP contribution in [0.5, 0.6) is 5.75 Å². The van der Waals surface area contributed by atoms with Gasteiger partial charge >= 0.3 is 0 Å². The van der Waals surface area contributed by atoms with Gasteiger partial charge in [0.05, 0.1) is 0 Å². The quantitative estimate of drug-likeness (QED) is 0.867. The van der Waals surface area contributed by atoms with Crippen LogP contribution in [0.1, 0.15) is 16.7 Å². The van der Waals surface area contributed by atoms with Crippen LogP contribution in [0, 0.1) is 6.92 Å². The first-order chi connectivity index (χ1) is 8.79. The second kappa shape index (κ2) is 6.22. The molecule has 18 heavy (non-hydrogen) atoms. The normalized spacial score (nSPS) is 10.3. The number of aryl methyl sites for hydroxylation is 1. The van der Waals surface area contributed by atoms with Crippen molar-refractivity contribution in [3.63, 3.8) is 0 Å². The van der Waals surface area contributed by atoms with Crippen molar-refractivity contribution in [2.45, 2.75) is 20.1 Å². The molecule has 2 aromatic carbocycles. The summed E-state index contributed by atoms with van der Waals surface area (Å²) in [6.07, 6.45) is 0. The maximum Gasteiger partial charge on any atom is 0.119 e. The van der Waals surface area contributed by atoms with Crippen molar-refractivity contribution in [2.75, 3.05) is 7.05 Å². The second-order valence-electron chi connectivity index (χ2n) is 4.39. The summed E-state index contributed by atoms with van der Waals surface area (Å²) in [5.74, 6) is 0.915. The third-order valence-corrected chi connectivity index (χ3v) is 2.96. The lowest BCUT2D eigenvalue weighted by molar-refractivity contribution is 0.305. The lowest BCUT2D eigenvalue weighted by atomic mass is 10.1. The van der Waals surface area contributed by atoms with Crippen molar-refractivity contribution >= 4 is 0 Å². The molecule has 0 heterocycles. The van der Waals surface area contributed by atoms with Gasteiger partial charge in [0.1, 0.15) is 12.4 Å². The van der Waals surface area contributed by atoms with Gasteiger partial charge in [-0.1, -0.05) is 36.4 Å². The van der Waals surface area contributed by atoms with E-state index in [9.17, 15) is 0 Å². The van der Waals surface area contributed by atoms with E-state index >= 15 is 0 Å². The number of hydrogen-bond acceptors (Lipinski definition) is 2. The Balaban J connectivity index is 1.96. The smallest absolute Gasteiger partial charge is 0.119 e. The summed E-state index contributed by atoms with van der Waals surface area (Å²) in [7, 11) is 1.95. The van der Waals surface area contributed by atoms with Crippen molar-refractivity contribution in [3.8, 4) is 5.75 Å². The highest BCUT2D eigenvalue weighted by Gasteiger charge is 1.99. The van der Waals surface area contributed by atoms with E-state index in [-0.39, 0.29) is 0 Å². The van der Waals surface area contributed by atoms with Crippen LogP contribution < -0.4 is 10.1 Å². The van der Waals surface area contributed by atoms with Crippen molar-refractivity contribution in [1.82, 2.24) is 5.32 Å². The van der Waals surface area contributed by atoms with E-state index in [1.807, 2.05) is 31.3 Å². The first-order valence-corrected chi connectivity index (χ1v) is 6.20. The summed E-state index contributed by atoms with van der Waals surface area (Å²) < 4.78 is 5.79.